The number of benzene rings is 1. The summed E-state index contributed by atoms with van der Waals surface area (Å²) in [6.45, 7) is 2.60. The summed E-state index contributed by atoms with van der Waals surface area (Å²) >= 11 is 0. The average Bonchev–Trinajstić information content (AvgIpc) is 3.53. The van der Waals surface area contributed by atoms with Crippen LogP contribution in [0.25, 0.3) is 22.3 Å². The number of hydrogen-bond donors (Lipinski definition) is 7. The number of aryl methyl sites for hydroxylation is 1. The molecule has 0 radical (unpaired) electrons. The molecule has 0 spiro atoms. The van der Waals surface area contributed by atoms with E-state index in [1.165, 1.54) is 0 Å². The predicted molar refractivity (Wildman–Crippen MR) is 188 cm³/mol. The monoisotopic (exact) mass is 734 g/mol. The van der Waals surface area contributed by atoms with Gasteiger partial charge in [0.05, 0.1) is 68.3 Å². The molecule has 0 saturated heterocycles. The smallest absolute Gasteiger partial charge is 0.343 e. The summed E-state index contributed by atoms with van der Waals surface area (Å²) in [7, 11) is 0. The van der Waals surface area contributed by atoms with E-state index in [4.69, 9.17) is 20.2 Å². The van der Waals surface area contributed by atoms with E-state index in [1.807, 2.05) is 19.1 Å². The lowest BCUT2D eigenvalue weighted by Crippen LogP contribution is -2.46. The molecular weight excluding hydrogens is 692 g/mol. The van der Waals surface area contributed by atoms with Crippen LogP contribution in [-0.4, -0.2) is 96.0 Å². The molecule has 0 bridgehead atoms. The van der Waals surface area contributed by atoms with Crippen LogP contribution in [0.5, 0.6) is 5.75 Å². The van der Waals surface area contributed by atoms with Gasteiger partial charge in [0.1, 0.15) is 12.4 Å². The molecule has 3 aromatic rings. The number of carbonyl (C=O) groups excluding carboxylic acids is 6. The highest BCUT2D eigenvalue weighted by Gasteiger charge is 2.45. The summed E-state index contributed by atoms with van der Waals surface area (Å²) < 4.78 is 12.7. The Kier molecular flexibility index (Phi) is 12.0. The molecule has 1 aromatic carbocycles. The standard InChI is InChI=1S/C35H42N8O10/c1-3-20-21-10-19(52-9-5-8-37-28(45)13-39-30(47)15-41-31(48)16-40-29(46)14-38-27(44)12-36)6-7-25(21)42-32-22(20)17-43-26(32)11-24-23(33(43)49)18-53-34(50)35(24,51)4-2/h6-7,10-11,51H,3-5,8-9,12-18,36H2,1-2H3,(H,37,45)(H,38,44)(H,39,47)(H,40,46)(H,41,48)/t35-/m0/s1. The third-order valence-electron chi connectivity index (χ3n) is 9.01. The fourth-order valence-corrected chi connectivity index (χ4v) is 6.16. The lowest BCUT2D eigenvalue weighted by atomic mass is 9.86. The number of hydrogen-bond acceptors (Lipinski definition) is 12. The summed E-state index contributed by atoms with van der Waals surface area (Å²) in [5.74, 6) is -2.98. The first-order chi connectivity index (χ1) is 25.4. The van der Waals surface area contributed by atoms with Crippen molar-refractivity contribution in [2.24, 2.45) is 5.73 Å². The van der Waals surface area contributed by atoms with Gasteiger partial charge in [0.2, 0.25) is 29.5 Å². The second kappa shape index (κ2) is 16.6. The molecule has 1 atom stereocenters. The Morgan fingerprint density at radius 1 is 0.906 bits per heavy atom. The Morgan fingerprint density at radius 2 is 1.53 bits per heavy atom. The topological polar surface area (TPSA) is 262 Å². The van der Waals surface area contributed by atoms with Crippen LogP contribution in [-0.2, 0) is 58.7 Å². The molecule has 18 nitrogen and oxygen atoms in total. The lowest BCUT2D eigenvalue weighted by molar-refractivity contribution is -0.172. The Bertz CT molecular complexity index is 2030. The Balaban J connectivity index is 1.09. The van der Waals surface area contributed by atoms with E-state index in [9.17, 15) is 38.7 Å². The molecule has 53 heavy (non-hydrogen) atoms. The summed E-state index contributed by atoms with van der Waals surface area (Å²) in [6.07, 6.45) is 1.18. The van der Waals surface area contributed by atoms with Crippen molar-refractivity contribution in [1.82, 2.24) is 36.1 Å². The number of nitrogens with two attached hydrogens (primary N) is 1. The largest absolute Gasteiger partial charge is 0.494 e. The zero-order valence-corrected chi connectivity index (χ0v) is 29.4. The summed E-state index contributed by atoms with van der Waals surface area (Å²) in [6, 6.07) is 7.20. The molecule has 2 aromatic heterocycles. The van der Waals surface area contributed by atoms with Crippen LogP contribution in [0.4, 0.5) is 0 Å². The number of amides is 5. The number of nitrogens with zero attached hydrogens (tertiary/aromatic N) is 2. The van der Waals surface area contributed by atoms with Gasteiger partial charge in [-0.1, -0.05) is 13.8 Å². The van der Waals surface area contributed by atoms with Gasteiger partial charge in [-0.25, -0.2) is 9.78 Å². The second-order valence-electron chi connectivity index (χ2n) is 12.4. The van der Waals surface area contributed by atoms with Crippen molar-refractivity contribution >= 4 is 46.4 Å². The summed E-state index contributed by atoms with van der Waals surface area (Å²) in [4.78, 5) is 89.6. The first-order valence-corrected chi connectivity index (χ1v) is 17.2. The highest BCUT2D eigenvalue weighted by Crippen LogP contribution is 2.40. The van der Waals surface area contributed by atoms with E-state index >= 15 is 0 Å². The van der Waals surface area contributed by atoms with Crippen molar-refractivity contribution < 1.29 is 43.3 Å². The van der Waals surface area contributed by atoms with E-state index < -0.39 is 54.2 Å². The minimum absolute atomic E-state index is 0.0591. The number of nitrogens with one attached hydrogen (secondary N) is 5. The SMILES string of the molecule is CCc1c2c(nc3ccc(OCCCNC(=O)CNC(=O)CNC(=O)CNC(=O)CNC(=O)CN)cc13)-c1cc3c(c(=O)n1C2)COC(=O)[C@]3(O)CC. The predicted octanol–water partition coefficient (Wildman–Crippen LogP) is -2.05. The third-order valence-corrected chi connectivity index (χ3v) is 9.01. The van der Waals surface area contributed by atoms with E-state index in [2.05, 4.69) is 26.6 Å². The van der Waals surface area contributed by atoms with Gasteiger partial charge in [-0.2, -0.15) is 0 Å². The van der Waals surface area contributed by atoms with Crippen LogP contribution in [0.1, 0.15) is 48.9 Å². The second-order valence-corrected chi connectivity index (χ2v) is 12.4. The van der Waals surface area contributed by atoms with Gasteiger partial charge in [0.15, 0.2) is 5.60 Å². The average molecular weight is 735 g/mol. The number of pyridine rings is 2. The Morgan fingerprint density at radius 3 is 2.13 bits per heavy atom. The van der Waals surface area contributed by atoms with Crippen LogP contribution in [0.3, 0.4) is 0 Å². The molecule has 5 amide bonds. The molecule has 2 aliphatic heterocycles. The quantitative estimate of drug-likeness (QED) is 0.0485. The fraction of sp³-hybridized carbons (Fsp3) is 0.429. The van der Waals surface area contributed by atoms with Gasteiger partial charge in [0, 0.05) is 23.1 Å². The van der Waals surface area contributed by atoms with Crippen LogP contribution in [0.15, 0.2) is 29.1 Å². The molecule has 2 aliphatic rings. The molecule has 4 heterocycles. The fourth-order valence-electron chi connectivity index (χ4n) is 6.16. The highest BCUT2D eigenvalue weighted by molar-refractivity contribution is 5.92. The maximum atomic E-state index is 13.6. The van der Waals surface area contributed by atoms with E-state index in [0.29, 0.717) is 42.0 Å². The maximum absolute atomic E-state index is 13.6. The van der Waals surface area contributed by atoms with Crippen molar-refractivity contribution in [1.29, 1.82) is 0 Å². The lowest BCUT2D eigenvalue weighted by Gasteiger charge is -2.31. The van der Waals surface area contributed by atoms with Crippen molar-refractivity contribution in [3.8, 4) is 17.1 Å². The van der Waals surface area contributed by atoms with Gasteiger partial charge in [-0.05, 0) is 49.1 Å². The first-order valence-electron chi connectivity index (χ1n) is 17.2. The first kappa shape index (κ1) is 38.4. The van der Waals surface area contributed by atoms with Crippen LogP contribution < -0.4 is 42.6 Å². The zero-order chi connectivity index (χ0) is 38.3. The number of aromatic nitrogens is 2. The van der Waals surface area contributed by atoms with Gasteiger partial charge in [-0.3, -0.25) is 28.8 Å². The number of esters is 1. The van der Waals surface area contributed by atoms with Crippen molar-refractivity contribution in [3.63, 3.8) is 0 Å². The number of rotatable bonds is 16. The van der Waals surface area contributed by atoms with Crippen LogP contribution in [0.2, 0.25) is 0 Å². The number of ether oxygens (including phenoxy) is 2. The van der Waals surface area contributed by atoms with E-state index in [-0.39, 0.29) is 62.5 Å². The van der Waals surface area contributed by atoms with Gasteiger partial charge >= 0.3 is 5.97 Å². The van der Waals surface area contributed by atoms with E-state index in [1.54, 1.807) is 23.6 Å². The Hall–Kier alpha value is -5.88. The number of cyclic esters (lactones) is 1. The zero-order valence-electron chi connectivity index (χ0n) is 29.4. The molecule has 0 unspecified atom stereocenters. The minimum atomic E-state index is -1.90. The molecule has 0 saturated carbocycles. The van der Waals surface area contributed by atoms with Crippen molar-refractivity contribution in [3.05, 3.63) is 56.9 Å². The molecule has 0 fully saturated rings. The summed E-state index contributed by atoms with van der Waals surface area (Å²) in [5.41, 5.74) is 7.18. The van der Waals surface area contributed by atoms with Gasteiger partial charge < -0.3 is 51.5 Å². The third kappa shape index (κ3) is 8.44. The normalized spacial score (nSPS) is 15.4. The van der Waals surface area contributed by atoms with E-state index in [0.717, 1.165) is 16.5 Å². The molecule has 5 rings (SSSR count). The highest BCUT2D eigenvalue weighted by atomic mass is 16.6. The molecule has 8 N–H and O–H groups in total. The van der Waals surface area contributed by atoms with Crippen molar-refractivity contribution in [2.45, 2.75) is 51.9 Å². The molecule has 18 heteroatoms. The number of aliphatic hydroxyl groups is 1. The number of fused-ring (bicyclic) bond motifs is 5. The van der Waals surface area contributed by atoms with Gasteiger partial charge in [0.25, 0.3) is 5.56 Å². The maximum Gasteiger partial charge on any atom is 0.343 e. The van der Waals surface area contributed by atoms with Crippen molar-refractivity contribution in [2.75, 3.05) is 45.9 Å². The minimum Gasteiger partial charge on any atom is -0.494 e. The Labute approximate surface area is 303 Å². The molecule has 0 aliphatic carbocycles. The van der Waals surface area contributed by atoms with Crippen LogP contribution >= 0.6 is 0 Å². The van der Waals surface area contributed by atoms with Crippen LogP contribution in [0, 0.1) is 0 Å². The number of carbonyl (C=O) groups is 6. The summed E-state index contributed by atoms with van der Waals surface area (Å²) in [5, 5.41) is 23.9. The molecule has 282 valence electrons. The van der Waals surface area contributed by atoms with Gasteiger partial charge in [-0.15, -0.1) is 0 Å². The molecular formula is C35H42N8O10.